The molecule has 3 heterocycles. The minimum absolute atomic E-state index is 0.0299. The van der Waals surface area contributed by atoms with Gasteiger partial charge in [-0.25, -0.2) is 0 Å². The van der Waals surface area contributed by atoms with E-state index in [0.717, 1.165) is 29.4 Å². The third kappa shape index (κ3) is 2.46. The Morgan fingerprint density at radius 1 is 1.20 bits per heavy atom. The van der Waals surface area contributed by atoms with Gasteiger partial charge in [0, 0.05) is 17.1 Å². The Bertz CT molecular complexity index is 976. The van der Waals surface area contributed by atoms with E-state index >= 15 is 0 Å². The molecule has 8 nitrogen and oxygen atoms in total. The number of H-pyrrole nitrogens is 1. The van der Waals surface area contributed by atoms with Crippen LogP contribution in [-0.4, -0.2) is 38.5 Å². The number of Topliss-reactive ketones (excluding diaryl/α,β-unsaturated/α-hetero) is 1. The molecule has 8 heteroatoms. The first kappa shape index (κ1) is 14.2. The van der Waals surface area contributed by atoms with Gasteiger partial charge in [-0.15, -0.1) is 0 Å². The van der Waals surface area contributed by atoms with Gasteiger partial charge in [0.1, 0.15) is 17.2 Å². The van der Waals surface area contributed by atoms with Crippen molar-refractivity contribution in [1.29, 1.82) is 0 Å². The van der Waals surface area contributed by atoms with Crippen LogP contribution in [0.5, 0.6) is 0 Å². The molecule has 1 aromatic carbocycles. The predicted octanol–water partition coefficient (Wildman–Crippen LogP) is 2.67. The third-order valence-electron chi connectivity index (χ3n) is 4.75. The summed E-state index contributed by atoms with van der Waals surface area (Å²) in [5.41, 5.74) is 2.37. The molecule has 0 atom stereocenters. The van der Waals surface area contributed by atoms with E-state index in [4.69, 9.17) is 0 Å². The summed E-state index contributed by atoms with van der Waals surface area (Å²) in [4.78, 5) is 21.2. The van der Waals surface area contributed by atoms with Gasteiger partial charge in [0.05, 0.1) is 18.3 Å². The molecule has 2 aromatic heterocycles. The lowest BCUT2D eigenvalue weighted by atomic mass is 9.93. The lowest BCUT2D eigenvalue weighted by Gasteiger charge is -2.27. The molecule has 0 radical (unpaired) electrons. The number of aromatic amines is 1. The second-order valence-corrected chi connectivity index (χ2v) is 6.47. The van der Waals surface area contributed by atoms with Crippen molar-refractivity contribution in [3.05, 3.63) is 30.0 Å². The Balaban J connectivity index is 1.50. The fourth-order valence-corrected chi connectivity index (χ4v) is 3.16. The summed E-state index contributed by atoms with van der Waals surface area (Å²) in [6.45, 7) is 0.271. The zero-order valence-corrected chi connectivity index (χ0v) is 13.5. The molecule has 1 aliphatic carbocycles. The molecular weight excluding hydrogens is 318 g/mol. The summed E-state index contributed by atoms with van der Waals surface area (Å²) in [7, 11) is 0. The van der Waals surface area contributed by atoms with Crippen LogP contribution in [0.1, 0.15) is 29.6 Å². The first-order valence-electron chi connectivity index (χ1n) is 8.42. The minimum Gasteiger partial charge on any atom is -0.367 e. The van der Waals surface area contributed by atoms with Crippen LogP contribution < -0.4 is 16.0 Å². The van der Waals surface area contributed by atoms with Crippen LogP contribution in [-0.2, 0) is 0 Å². The van der Waals surface area contributed by atoms with Crippen molar-refractivity contribution in [2.24, 2.45) is 0 Å². The molecular formula is C17H17N7O. The number of hydrogen-bond donors (Lipinski definition) is 4. The van der Waals surface area contributed by atoms with E-state index in [1.807, 2.05) is 18.2 Å². The summed E-state index contributed by atoms with van der Waals surface area (Å²) >= 11 is 0. The minimum atomic E-state index is 0.0299. The summed E-state index contributed by atoms with van der Waals surface area (Å²) in [6, 6.07) is 6.27. The number of aromatic nitrogens is 4. The molecule has 0 amide bonds. The van der Waals surface area contributed by atoms with Crippen LogP contribution >= 0.6 is 0 Å². The van der Waals surface area contributed by atoms with E-state index in [0.29, 0.717) is 29.2 Å². The van der Waals surface area contributed by atoms with Crippen LogP contribution in [0.2, 0.25) is 0 Å². The maximum Gasteiger partial charge on any atom is 0.231 e. The molecule has 2 aliphatic rings. The molecule has 1 saturated carbocycles. The molecule has 0 bridgehead atoms. The van der Waals surface area contributed by atoms with Gasteiger partial charge in [0.2, 0.25) is 5.95 Å². The number of benzene rings is 1. The number of ketones is 1. The van der Waals surface area contributed by atoms with Gasteiger partial charge in [-0.05, 0) is 37.5 Å². The Hall–Kier alpha value is -3.16. The number of nitrogens with one attached hydrogen (secondary N) is 4. The van der Waals surface area contributed by atoms with Gasteiger partial charge < -0.3 is 16.0 Å². The predicted molar refractivity (Wildman–Crippen MR) is 95.5 cm³/mol. The topological polar surface area (TPSA) is 108 Å². The molecule has 126 valence electrons. The van der Waals surface area contributed by atoms with E-state index in [-0.39, 0.29) is 12.3 Å². The van der Waals surface area contributed by atoms with Crippen molar-refractivity contribution in [2.45, 2.75) is 25.3 Å². The largest absolute Gasteiger partial charge is 0.367 e. The highest BCUT2D eigenvalue weighted by atomic mass is 16.1. The van der Waals surface area contributed by atoms with Gasteiger partial charge >= 0.3 is 0 Å². The van der Waals surface area contributed by atoms with Gasteiger partial charge in [0.15, 0.2) is 5.78 Å². The molecule has 0 spiro atoms. The number of fused-ring (bicyclic) bond motifs is 2. The second-order valence-electron chi connectivity index (χ2n) is 6.47. The Morgan fingerprint density at radius 3 is 2.96 bits per heavy atom. The monoisotopic (exact) mass is 335 g/mol. The van der Waals surface area contributed by atoms with E-state index < -0.39 is 0 Å². The van der Waals surface area contributed by atoms with E-state index in [1.54, 1.807) is 6.20 Å². The first-order chi connectivity index (χ1) is 12.3. The van der Waals surface area contributed by atoms with Crippen LogP contribution in [0, 0.1) is 0 Å². The van der Waals surface area contributed by atoms with Crippen molar-refractivity contribution >= 4 is 40.0 Å². The van der Waals surface area contributed by atoms with Crippen molar-refractivity contribution in [1.82, 2.24) is 20.2 Å². The quantitative estimate of drug-likeness (QED) is 0.580. The van der Waals surface area contributed by atoms with Crippen molar-refractivity contribution in [2.75, 3.05) is 22.5 Å². The Kier molecular flexibility index (Phi) is 3.09. The number of rotatable bonds is 4. The van der Waals surface area contributed by atoms with Gasteiger partial charge in [-0.1, -0.05) is 0 Å². The molecule has 1 fully saturated rings. The highest BCUT2D eigenvalue weighted by Crippen LogP contribution is 2.32. The number of anilines is 4. The van der Waals surface area contributed by atoms with Crippen molar-refractivity contribution < 1.29 is 4.79 Å². The van der Waals surface area contributed by atoms with Crippen LogP contribution in [0.15, 0.2) is 24.4 Å². The fraction of sp³-hybridized carbons (Fsp3) is 0.294. The lowest BCUT2D eigenvalue weighted by Crippen LogP contribution is -2.28. The highest BCUT2D eigenvalue weighted by molar-refractivity contribution is 6.11. The smallest absolute Gasteiger partial charge is 0.231 e. The molecule has 5 rings (SSSR count). The van der Waals surface area contributed by atoms with Gasteiger partial charge in [-0.2, -0.15) is 15.1 Å². The average molecular weight is 335 g/mol. The summed E-state index contributed by atoms with van der Waals surface area (Å²) in [6.07, 6.45) is 5.22. The third-order valence-corrected chi connectivity index (χ3v) is 4.75. The normalized spacial score (nSPS) is 16.4. The van der Waals surface area contributed by atoms with E-state index in [9.17, 15) is 4.79 Å². The van der Waals surface area contributed by atoms with Gasteiger partial charge in [0.25, 0.3) is 0 Å². The first-order valence-corrected chi connectivity index (χ1v) is 8.42. The molecule has 0 saturated heterocycles. The zero-order chi connectivity index (χ0) is 16.8. The second kappa shape index (κ2) is 5.44. The number of carbonyl (C=O) groups excluding carboxylic acids is 1. The highest BCUT2D eigenvalue weighted by Gasteiger charge is 2.29. The molecule has 3 aromatic rings. The van der Waals surface area contributed by atoms with Crippen molar-refractivity contribution in [3.8, 4) is 0 Å². The zero-order valence-electron chi connectivity index (χ0n) is 13.5. The summed E-state index contributed by atoms with van der Waals surface area (Å²) < 4.78 is 0. The SMILES string of the molecule is O=C1CNc2nc(Nc3ccc4cn[nH]c4c3)nc(NC3CCC3)c21. The van der Waals surface area contributed by atoms with Crippen LogP contribution in [0.4, 0.5) is 23.3 Å². The Morgan fingerprint density at radius 2 is 2.12 bits per heavy atom. The standard InChI is InChI=1S/C17H17N7O/c25-13-8-18-15-14(13)16(20-10-2-1-3-10)23-17(22-15)21-11-5-4-9-7-19-24-12(9)6-11/h4-7,10H,1-3,8H2,(H,19,24)(H3,18,20,21,22,23). The molecule has 25 heavy (non-hydrogen) atoms. The number of nitrogens with zero attached hydrogens (tertiary/aromatic N) is 3. The van der Waals surface area contributed by atoms with Crippen LogP contribution in [0.3, 0.4) is 0 Å². The number of hydrogen-bond acceptors (Lipinski definition) is 7. The maximum absolute atomic E-state index is 12.1. The summed E-state index contributed by atoms with van der Waals surface area (Å²) in [5, 5.41) is 17.7. The summed E-state index contributed by atoms with van der Waals surface area (Å²) in [5.74, 6) is 1.70. The molecule has 1 aliphatic heterocycles. The molecule has 0 unspecified atom stereocenters. The van der Waals surface area contributed by atoms with Crippen LogP contribution in [0.25, 0.3) is 10.9 Å². The number of carbonyl (C=O) groups is 1. The Labute approximate surface area is 143 Å². The average Bonchev–Trinajstić information content (AvgIpc) is 3.17. The fourth-order valence-electron chi connectivity index (χ4n) is 3.16. The van der Waals surface area contributed by atoms with Gasteiger partial charge in [-0.3, -0.25) is 9.89 Å². The maximum atomic E-state index is 12.1. The van der Waals surface area contributed by atoms with E-state index in [1.165, 1.54) is 6.42 Å². The molecule has 4 N–H and O–H groups in total. The van der Waals surface area contributed by atoms with Crippen molar-refractivity contribution in [3.63, 3.8) is 0 Å². The van der Waals surface area contributed by atoms with E-state index in [2.05, 4.69) is 36.1 Å². The lowest BCUT2D eigenvalue weighted by molar-refractivity contribution is 0.101.